The molecule has 40 heavy (non-hydrogen) atoms. The van der Waals surface area contributed by atoms with Crippen molar-refractivity contribution in [2.24, 2.45) is 11.8 Å². The van der Waals surface area contributed by atoms with Crippen LogP contribution < -0.4 is 21.3 Å². The van der Waals surface area contributed by atoms with Crippen molar-refractivity contribution >= 4 is 63.2 Å². The summed E-state index contributed by atoms with van der Waals surface area (Å²) in [5, 5.41) is 55.1. The van der Waals surface area contributed by atoms with E-state index in [1.54, 1.807) is 0 Å². The third-order valence-electron chi connectivity index (χ3n) is 5.26. The van der Waals surface area contributed by atoms with Crippen molar-refractivity contribution in [3.63, 3.8) is 0 Å². The van der Waals surface area contributed by atoms with Gasteiger partial charge in [-0.1, -0.05) is 35.4 Å². The second-order valence-electron chi connectivity index (χ2n) is 8.74. The van der Waals surface area contributed by atoms with Crippen LogP contribution in [0.4, 0.5) is 0 Å². The Balaban J connectivity index is 5.17. The summed E-state index contributed by atoms with van der Waals surface area (Å²) < 4.78 is 0. The molecular weight excluding hydrogens is 576 g/mol. The number of amides is 3. The summed E-state index contributed by atoms with van der Waals surface area (Å²) in [5.41, 5.74) is 0. The van der Waals surface area contributed by atoms with Gasteiger partial charge >= 0.3 is 23.9 Å². The molecule has 0 spiro atoms. The van der Waals surface area contributed by atoms with Gasteiger partial charge in [0.05, 0.1) is 17.9 Å². The van der Waals surface area contributed by atoms with E-state index in [-0.39, 0.29) is 37.2 Å². The lowest BCUT2D eigenvalue weighted by Crippen LogP contribution is -2.51. The molecule has 0 aromatic carbocycles. The van der Waals surface area contributed by atoms with Crippen molar-refractivity contribution in [2.45, 2.75) is 57.8 Å². The number of hydrogen-bond acceptors (Lipinski definition) is 11. The van der Waals surface area contributed by atoms with Gasteiger partial charge in [-0.25, -0.2) is 0 Å². The van der Waals surface area contributed by atoms with E-state index >= 15 is 0 Å². The van der Waals surface area contributed by atoms with Gasteiger partial charge in [-0.2, -0.15) is 0 Å². The second-order valence-corrected chi connectivity index (χ2v) is 11.3. The summed E-state index contributed by atoms with van der Waals surface area (Å²) in [7, 11) is 2.05. The van der Waals surface area contributed by atoms with E-state index in [9.17, 15) is 38.7 Å². The van der Waals surface area contributed by atoms with Crippen LogP contribution >= 0.6 is 21.6 Å². The van der Waals surface area contributed by atoms with Crippen LogP contribution in [0, 0.1) is 11.8 Å². The average molecular weight is 613 g/mol. The predicted octanol–water partition coefficient (Wildman–Crippen LogP) is -1.47. The first-order valence-corrected chi connectivity index (χ1v) is 14.5. The number of carbonyl (C=O) groups excluding carboxylic acids is 3. The molecule has 18 heteroatoms. The van der Waals surface area contributed by atoms with Crippen molar-refractivity contribution in [1.29, 1.82) is 0 Å². The highest BCUT2D eigenvalue weighted by atomic mass is 33.1. The van der Waals surface area contributed by atoms with Crippen LogP contribution in [0.1, 0.15) is 39.5 Å². The van der Waals surface area contributed by atoms with Crippen LogP contribution in [-0.2, 0) is 33.6 Å². The summed E-state index contributed by atoms with van der Waals surface area (Å²) in [6.45, 7) is 1.49. The smallest absolute Gasteiger partial charge is 0.322 e. The zero-order valence-corrected chi connectivity index (χ0v) is 23.6. The number of carboxylic acids is 4. The standard InChI is InChI=1S/C22H36N4O12S2/c1-11(21(35)36)3-5-15(27)25-13(19(33)23-7-17(29)30)9-39-40-10-14(20(34)24-8-18(31)32)26-16(28)6-4-12(2)22(37)38/h11-15,25,27H,3-10H2,1-2H3,(H,23,33)(H,24,34)(H,26,28)(H,29,30)(H,31,32)(H,35,36)(H,37,38)/t11-,12-,13-,14-,15?/m0/s1. The number of carboxylic acid groups (broad SMARTS) is 4. The van der Waals surface area contributed by atoms with Crippen molar-refractivity contribution in [2.75, 3.05) is 24.6 Å². The maximum atomic E-state index is 12.5. The second kappa shape index (κ2) is 19.9. The van der Waals surface area contributed by atoms with E-state index < -0.39 is 84.8 Å². The van der Waals surface area contributed by atoms with E-state index in [0.717, 1.165) is 21.6 Å². The Morgan fingerprint density at radius 1 is 0.675 bits per heavy atom. The first kappa shape index (κ1) is 36.9. The molecule has 0 aliphatic heterocycles. The minimum atomic E-state index is -1.31. The summed E-state index contributed by atoms with van der Waals surface area (Å²) in [6, 6.07) is -2.31. The van der Waals surface area contributed by atoms with Gasteiger partial charge < -0.3 is 41.5 Å². The fourth-order valence-electron chi connectivity index (χ4n) is 2.77. The zero-order valence-electron chi connectivity index (χ0n) is 22.0. The topological polar surface area (TPSA) is 269 Å². The van der Waals surface area contributed by atoms with Crippen LogP contribution in [0.25, 0.3) is 0 Å². The van der Waals surface area contributed by atoms with Crippen LogP contribution in [0.2, 0.25) is 0 Å². The molecule has 0 aromatic heterocycles. The number of aliphatic carboxylic acids is 4. The molecule has 5 atom stereocenters. The Morgan fingerprint density at radius 3 is 1.60 bits per heavy atom. The fourth-order valence-corrected chi connectivity index (χ4v) is 5.11. The van der Waals surface area contributed by atoms with Crippen LogP contribution in [0.3, 0.4) is 0 Å². The van der Waals surface area contributed by atoms with Crippen LogP contribution in [-0.4, -0.2) is 110 Å². The lowest BCUT2D eigenvalue weighted by atomic mass is 10.1. The van der Waals surface area contributed by atoms with Gasteiger partial charge in [0.15, 0.2) is 0 Å². The normalized spacial score (nSPS) is 14.6. The van der Waals surface area contributed by atoms with Crippen molar-refractivity contribution in [3.05, 3.63) is 0 Å². The van der Waals surface area contributed by atoms with Crippen molar-refractivity contribution < 1.29 is 59.1 Å². The molecule has 0 bridgehead atoms. The lowest BCUT2D eigenvalue weighted by molar-refractivity contribution is -0.142. The van der Waals surface area contributed by atoms with Gasteiger partial charge in [0.2, 0.25) is 17.7 Å². The van der Waals surface area contributed by atoms with Gasteiger partial charge in [0, 0.05) is 17.9 Å². The van der Waals surface area contributed by atoms with E-state index in [0.29, 0.717) is 0 Å². The Kier molecular flexibility index (Phi) is 18.4. The number of carbonyl (C=O) groups is 7. The third kappa shape index (κ3) is 17.5. The van der Waals surface area contributed by atoms with Gasteiger partial charge in [-0.05, 0) is 19.3 Å². The molecule has 16 nitrogen and oxygen atoms in total. The summed E-state index contributed by atoms with van der Waals surface area (Å²) in [5.74, 6) is -8.60. The first-order valence-electron chi connectivity index (χ1n) is 12.1. The molecule has 3 amide bonds. The molecule has 0 radical (unpaired) electrons. The summed E-state index contributed by atoms with van der Waals surface area (Å²) >= 11 is 0. The van der Waals surface area contributed by atoms with E-state index in [1.165, 1.54) is 13.8 Å². The lowest BCUT2D eigenvalue weighted by Gasteiger charge is -2.22. The average Bonchev–Trinajstić information content (AvgIpc) is 2.87. The minimum absolute atomic E-state index is 0.00760. The maximum absolute atomic E-state index is 12.5. The van der Waals surface area contributed by atoms with Gasteiger partial charge in [-0.15, -0.1) is 0 Å². The number of hydrogen-bond donors (Lipinski definition) is 9. The molecule has 0 saturated carbocycles. The third-order valence-corrected chi connectivity index (χ3v) is 7.68. The quantitative estimate of drug-likeness (QED) is 0.0384. The van der Waals surface area contributed by atoms with Crippen LogP contribution in [0.15, 0.2) is 0 Å². The van der Waals surface area contributed by atoms with Gasteiger partial charge in [-0.3, -0.25) is 38.9 Å². The number of aliphatic hydroxyl groups is 1. The highest BCUT2D eigenvalue weighted by Crippen LogP contribution is 2.23. The predicted molar refractivity (Wildman–Crippen MR) is 143 cm³/mol. The highest BCUT2D eigenvalue weighted by molar-refractivity contribution is 8.76. The van der Waals surface area contributed by atoms with E-state index in [4.69, 9.17) is 20.4 Å². The van der Waals surface area contributed by atoms with E-state index in [2.05, 4.69) is 21.3 Å². The Morgan fingerprint density at radius 2 is 1.12 bits per heavy atom. The molecule has 9 N–H and O–H groups in total. The zero-order chi connectivity index (χ0) is 30.8. The number of nitrogens with one attached hydrogen (secondary N) is 4. The largest absolute Gasteiger partial charge is 0.481 e. The molecule has 0 heterocycles. The molecule has 0 aliphatic rings. The maximum Gasteiger partial charge on any atom is 0.322 e. The fraction of sp³-hybridized carbons (Fsp3) is 0.682. The summed E-state index contributed by atoms with van der Waals surface area (Å²) in [6.07, 6.45) is -1.37. The molecule has 228 valence electrons. The van der Waals surface area contributed by atoms with E-state index in [1.807, 2.05) is 0 Å². The minimum Gasteiger partial charge on any atom is -0.481 e. The summed E-state index contributed by atoms with van der Waals surface area (Å²) in [4.78, 5) is 80.6. The highest BCUT2D eigenvalue weighted by Gasteiger charge is 2.25. The van der Waals surface area contributed by atoms with Gasteiger partial charge in [0.25, 0.3) is 0 Å². The monoisotopic (exact) mass is 612 g/mol. The number of aliphatic hydroxyl groups excluding tert-OH is 1. The SMILES string of the molecule is C[C@@H](CCC(=O)N[C@@H](CSSC[C@H](NC(O)CC[C@H](C)C(=O)O)C(=O)NCC(=O)O)C(=O)NCC(=O)O)C(=O)O. The molecule has 0 rings (SSSR count). The molecule has 0 saturated heterocycles. The number of rotatable bonds is 22. The Labute approximate surface area is 237 Å². The first-order chi connectivity index (χ1) is 18.6. The van der Waals surface area contributed by atoms with Crippen molar-refractivity contribution in [3.8, 4) is 0 Å². The molecule has 1 unspecified atom stereocenters. The molecule has 0 aromatic rings. The Bertz CT molecular complexity index is 907. The Hall–Kier alpha value is -3.09. The molecule has 0 aliphatic carbocycles. The van der Waals surface area contributed by atoms with Gasteiger partial charge in [0.1, 0.15) is 25.4 Å². The molecular formula is C22H36N4O12S2. The van der Waals surface area contributed by atoms with Crippen molar-refractivity contribution in [1.82, 2.24) is 21.3 Å². The van der Waals surface area contributed by atoms with Crippen LogP contribution in [0.5, 0.6) is 0 Å². The molecule has 0 fully saturated rings.